The lowest BCUT2D eigenvalue weighted by Crippen LogP contribution is -2.46. The molecule has 1 atom stereocenters. The first-order chi connectivity index (χ1) is 9.93. The molecule has 116 valence electrons. The highest BCUT2D eigenvalue weighted by molar-refractivity contribution is 7.98. The molecule has 0 bridgehead atoms. The zero-order valence-corrected chi connectivity index (χ0v) is 12.2. The van der Waals surface area contributed by atoms with Crippen molar-refractivity contribution in [3.63, 3.8) is 0 Å². The number of halogens is 2. The van der Waals surface area contributed by atoms with Crippen LogP contribution in [0.1, 0.15) is 12.0 Å². The summed E-state index contributed by atoms with van der Waals surface area (Å²) in [6.07, 6.45) is 2.14. The number of aliphatic carboxylic acids is 1. The molecule has 21 heavy (non-hydrogen) atoms. The monoisotopic (exact) mass is 318 g/mol. The molecule has 1 rings (SSSR count). The highest BCUT2D eigenvalue weighted by Gasteiger charge is 2.19. The van der Waals surface area contributed by atoms with E-state index in [2.05, 4.69) is 10.6 Å². The molecule has 5 nitrogen and oxygen atoms in total. The number of amides is 2. The number of carboxylic acid groups (broad SMARTS) is 1. The molecule has 3 N–H and O–H groups in total. The Morgan fingerprint density at radius 2 is 2.05 bits per heavy atom. The molecule has 0 saturated carbocycles. The molecular formula is C13H16F2N2O3S. The van der Waals surface area contributed by atoms with Crippen LogP contribution in [0.15, 0.2) is 18.2 Å². The highest BCUT2D eigenvalue weighted by Crippen LogP contribution is 2.08. The molecule has 0 radical (unpaired) electrons. The molecule has 0 aliphatic heterocycles. The first kappa shape index (κ1) is 17.2. The number of carbonyl (C=O) groups excluding carboxylic acids is 1. The molecule has 0 unspecified atom stereocenters. The van der Waals surface area contributed by atoms with Gasteiger partial charge in [0.25, 0.3) is 0 Å². The smallest absolute Gasteiger partial charge is 0.326 e. The van der Waals surface area contributed by atoms with E-state index in [1.54, 1.807) is 0 Å². The van der Waals surface area contributed by atoms with E-state index < -0.39 is 29.7 Å². The summed E-state index contributed by atoms with van der Waals surface area (Å²) in [5.41, 5.74) is 0.375. The van der Waals surface area contributed by atoms with Crippen LogP contribution in [0.5, 0.6) is 0 Å². The minimum atomic E-state index is -1.12. The van der Waals surface area contributed by atoms with Gasteiger partial charge < -0.3 is 15.7 Å². The lowest BCUT2D eigenvalue weighted by Gasteiger charge is -2.14. The van der Waals surface area contributed by atoms with Gasteiger partial charge in [-0.15, -0.1) is 0 Å². The van der Waals surface area contributed by atoms with Gasteiger partial charge in [-0.2, -0.15) is 11.8 Å². The van der Waals surface area contributed by atoms with Crippen molar-refractivity contribution in [1.82, 2.24) is 10.6 Å². The van der Waals surface area contributed by atoms with Crippen molar-refractivity contribution >= 4 is 23.8 Å². The van der Waals surface area contributed by atoms with Crippen LogP contribution in [-0.2, 0) is 11.3 Å². The van der Waals surface area contributed by atoms with E-state index in [1.807, 2.05) is 6.26 Å². The van der Waals surface area contributed by atoms with Gasteiger partial charge in [-0.1, -0.05) is 6.07 Å². The standard InChI is InChI=1S/C13H16F2N2O3S/c1-21-5-4-11(12(18)19)17-13(20)16-7-8-2-3-9(14)10(15)6-8/h2-3,6,11H,4-5,7H2,1H3,(H,18,19)(H2,16,17,20)/t11-/m0/s1. The average Bonchev–Trinajstić information content (AvgIpc) is 2.44. The molecule has 8 heteroatoms. The van der Waals surface area contributed by atoms with Crippen molar-refractivity contribution in [3.05, 3.63) is 35.4 Å². The summed E-state index contributed by atoms with van der Waals surface area (Å²) < 4.78 is 25.7. The molecule has 2 amide bonds. The van der Waals surface area contributed by atoms with Gasteiger partial charge in [0.1, 0.15) is 6.04 Å². The third-order valence-corrected chi connectivity index (χ3v) is 3.30. The van der Waals surface area contributed by atoms with Crippen molar-refractivity contribution < 1.29 is 23.5 Å². The second-order valence-electron chi connectivity index (χ2n) is 4.25. The maximum atomic E-state index is 13.0. The zero-order valence-electron chi connectivity index (χ0n) is 11.4. The molecule has 0 heterocycles. The van der Waals surface area contributed by atoms with Crippen molar-refractivity contribution in [2.45, 2.75) is 19.0 Å². The lowest BCUT2D eigenvalue weighted by molar-refractivity contribution is -0.139. The number of benzene rings is 1. The normalized spacial score (nSPS) is 11.8. The van der Waals surface area contributed by atoms with E-state index in [4.69, 9.17) is 5.11 Å². The number of hydrogen-bond acceptors (Lipinski definition) is 3. The van der Waals surface area contributed by atoms with Crippen LogP contribution in [0.2, 0.25) is 0 Å². The van der Waals surface area contributed by atoms with E-state index in [1.165, 1.54) is 17.8 Å². The van der Waals surface area contributed by atoms with E-state index in [0.717, 1.165) is 12.1 Å². The molecule has 0 fully saturated rings. The summed E-state index contributed by atoms with van der Waals surface area (Å²) in [6, 6.07) is 1.61. The van der Waals surface area contributed by atoms with Gasteiger partial charge in [0, 0.05) is 6.54 Å². The van der Waals surface area contributed by atoms with Gasteiger partial charge in [-0.05, 0) is 36.1 Å². The second-order valence-corrected chi connectivity index (χ2v) is 5.23. The molecule has 0 aliphatic rings. The van der Waals surface area contributed by atoms with Gasteiger partial charge in [0.15, 0.2) is 11.6 Å². The first-order valence-electron chi connectivity index (χ1n) is 6.14. The van der Waals surface area contributed by atoms with E-state index in [9.17, 15) is 18.4 Å². The van der Waals surface area contributed by atoms with Gasteiger partial charge in [0.05, 0.1) is 0 Å². The lowest BCUT2D eigenvalue weighted by atomic mass is 10.2. The van der Waals surface area contributed by atoms with E-state index >= 15 is 0 Å². The van der Waals surface area contributed by atoms with E-state index in [0.29, 0.717) is 17.7 Å². The maximum Gasteiger partial charge on any atom is 0.326 e. The van der Waals surface area contributed by atoms with Crippen LogP contribution < -0.4 is 10.6 Å². The van der Waals surface area contributed by atoms with Crippen molar-refractivity contribution in [2.24, 2.45) is 0 Å². The Morgan fingerprint density at radius 3 is 2.62 bits per heavy atom. The summed E-state index contributed by atoms with van der Waals surface area (Å²) in [5, 5.41) is 13.7. The van der Waals surface area contributed by atoms with Crippen LogP contribution in [0, 0.1) is 11.6 Å². The first-order valence-corrected chi connectivity index (χ1v) is 7.53. The summed E-state index contributed by atoms with van der Waals surface area (Å²) in [7, 11) is 0. The average molecular weight is 318 g/mol. The molecule has 0 saturated heterocycles. The minimum Gasteiger partial charge on any atom is -0.480 e. The Kier molecular flexibility index (Phi) is 6.93. The van der Waals surface area contributed by atoms with Crippen molar-refractivity contribution in [2.75, 3.05) is 12.0 Å². The predicted molar refractivity (Wildman–Crippen MR) is 76.2 cm³/mol. The largest absolute Gasteiger partial charge is 0.480 e. The Bertz CT molecular complexity index is 514. The third kappa shape index (κ3) is 5.99. The second kappa shape index (κ2) is 8.46. The molecule has 1 aromatic rings. The molecule has 0 aliphatic carbocycles. The number of rotatable bonds is 7. The van der Waals surface area contributed by atoms with Crippen molar-refractivity contribution in [1.29, 1.82) is 0 Å². The Balaban J connectivity index is 2.48. The number of thioether (sulfide) groups is 1. The fraction of sp³-hybridized carbons (Fsp3) is 0.385. The van der Waals surface area contributed by atoms with Crippen LogP contribution >= 0.6 is 11.8 Å². The SMILES string of the molecule is CSCC[C@H](NC(=O)NCc1ccc(F)c(F)c1)C(=O)O. The molecule has 0 spiro atoms. The fourth-order valence-electron chi connectivity index (χ4n) is 1.53. The third-order valence-electron chi connectivity index (χ3n) is 2.65. The van der Waals surface area contributed by atoms with Crippen LogP contribution in [0.25, 0.3) is 0 Å². The zero-order chi connectivity index (χ0) is 15.8. The minimum absolute atomic E-state index is 0.0299. The summed E-state index contributed by atoms with van der Waals surface area (Å²) >= 11 is 1.48. The van der Waals surface area contributed by atoms with Gasteiger partial charge in [0.2, 0.25) is 0 Å². The topological polar surface area (TPSA) is 78.4 Å². The number of nitrogens with one attached hydrogen (secondary N) is 2. The van der Waals surface area contributed by atoms with Crippen molar-refractivity contribution in [3.8, 4) is 0 Å². The van der Waals surface area contributed by atoms with Gasteiger partial charge in [-0.25, -0.2) is 18.4 Å². The molecule has 1 aromatic carbocycles. The van der Waals surface area contributed by atoms with Crippen LogP contribution in [0.4, 0.5) is 13.6 Å². The maximum absolute atomic E-state index is 13.0. The fourth-order valence-corrected chi connectivity index (χ4v) is 2.01. The highest BCUT2D eigenvalue weighted by atomic mass is 32.2. The number of carboxylic acids is 1. The Hall–Kier alpha value is -1.83. The van der Waals surface area contributed by atoms with Gasteiger partial charge in [-0.3, -0.25) is 0 Å². The van der Waals surface area contributed by atoms with Gasteiger partial charge >= 0.3 is 12.0 Å². The van der Waals surface area contributed by atoms with Crippen LogP contribution in [-0.4, -0.2) is 35.2 Å². The summed E-state index contributed by atoms with van der Waals surface area (Å²) in [5.74, 6) is -2.49. The van der Waals surface area contributed by atoms with E-state index in [-0.39, 0.29) is 6.54 Å². The number of carbonyl (C=O) groups is 2. The molecule has 0 aromatic heterocycles. The predicted octanol–water partition coefficient (Wildman–Crippen LogP) is 1.97. The van der Waals surface area contributed by atoms with Crippen LogP contribution in [0.3, 0.4) is 0 Å². The Morgan fingerprint density at radius 1 is 1.33 bits per heavy atom. The Labute approximate surface area is 125 Å². The quantitative estimate of drug-likeness (QED) is 0.718. The number of urea groups is 1. The number of hydrogen-bond donors (Lipinski definition) is 3. The summed E-state index contributed by atoms with van der Waals surface area (Å²) in [4.78, 5) is 22.5. The molecular weight excluding hydrogens is 302 g/mol. The summed E-state index contributed by atoms with van der Waals surface area (Å²) in [6.45, 7) is -0.0299.